The molecule has 66 valence electrons. The van der Waals surface area contributed by atoms with Crippen LogP contribution >= 0.6 is 0 Å². The Morgan fingerprint density at radius 1 is 1.75 bits per heavy atom. The number of aromatic nitrogens is 2. The molecule has 0 atom stereocenters. The van der Waals surface area contributed by atoms with E-state index in [1.165, 1.54) is 11.8 Å². The van der Waals surface area contributed by atoms with E-state index in [-0.39, 0.29) is 0 Å². The predicted molar refractivity (Wildman–Crippen MR) is 42.4 cm³/mol. The van der Waals surface area contributed by atoms with Crippen LogP contribution in [0.1, 0.15) is 0 Å². The summed E-state index contributed by atoms with van der Waals surface area (Å²) in [4.78, 5) is 15.3. The van der Waals surface area contributed by atoms with Crippen molar-refractivity contribution in [1.29, 1.82) is 0 Å². The summed E-state index contributed by atoms with van der Waals surface area (Å²) in [5.74, 6) is 0.601. The molecular formula is C6H10N4O2. The molecule has 6 nitrogen and oxygen atoms in total. The van der Waals surface area contributed by atoms with E-state index in [9.17, 15) is 4.79 Å². The van der Waals surface area contributed by atoms with Gasteiger partial charge in [0.15, 0.2) is 0 Å². The van der Waals surface area contributed by atoms with Crippen molar-refractivity contribution in [3.8, 4) is 0 Å². The van der Waals surface area contributed by atoms with E-state index in [0.717, 1.165) is 0 Å². The van der Waals surface area contributed by atoms with Crippen molar-refractivity contribution in [2.45, 2.75) is 0 Å². The molecule has 0 saturated heterocycles. The van der Waals surface area contributed by atoms with Gasteiger partial charge in [0.2, 0.25) is 0 Å². The molecule has 0 aliphatic rings. The highest BCUT2D eigenvalue weighted by Crippen LogP contribution is 2.01. The molecule has 2 N–H and O–H groups in total. The fraction of sp³-hybridized carbons (Fsp3) is 0.333. The van der Waals surface area contributed by atoms with Gasteiger partial charge in [0.1, 0.15) is 5.82 Å². The molecule has 1 aromatic heterocycles. The molecule has 0 spiro atoms. The van der Waals surface area contributed by atoms with Crippen molar-refractivity contribution in [2.75, 3.05) is 12.4 Å². The van der Waals surface area contributed by atoms with Gasteiger partial charge in [0, 0.05) is 13.1 Å². The van der Waals surface area contributed by atoms with Crippen LogP contribution in [0.3, 0.4) is 0 Å². The number of anilines is 1. The first-order valence-corrected chi connectivity index (χ1v) is 3.32. The molecule has 0 bridgehead atoms. The van der Waals surface area contributed by atoms with E-state index in [1.807, 2.05) is 0 Å². The smallest absolute Gasteiger partial charge is 0.291 e. The van der Waals surface area contributed by atoms with Gasteiger partial charge in [-0.2, -0.15) is 5.10 Å². The van der Waals surface area contributed by atoms with Gasteiger partial charge < -0.3 is 0 Å². The Morgan fingerprint density at radius 2 is 2.50 bits per heavy atom. The number of nitrogens with one attached hydrogen (secondary N) is 2. The first-order valence-electron chi connectivity index (χ1n) is 3.32. The summed E-state index contributed by atoms with van der Waals surface area (Å²) in [5, 5.41) is 6.38. The van der Waals surface area contributed by atoms with Gasteiger partial charge >= 0.3 is 6.03 Å². The van der Waals surface area contributed by atoms with Crippen LogP contribution in [-0.2, 0) is 11.9 Å². The lowest BCUT2D eigenvalue weighted by Gasteiger charge is -2.04. The lowest BCUT2D eigenvalue weighted by Crippen LogP contribution is -2.28. The zero-order chi connectivity index (χ0) is 8.97. The number of hydrogen-bond donors (Lipinski definition) is 2. The number of carbonyl (C=O) groups is 1. The third-order valence-corrected chi connectivity index (χ3v) is 1.26. The monoisotopic (exact) mass is 170 g/mol. The maximum absolute atomic E-state index is 10.9. The SMILES string of the molecule is CONC(=O)Nc1ccnn1C. The molecule has 0 radical (unpaired) electrons. The minimum Gasteiger partial charge on any atom is -0.291 e. The van der Waals surface area contributed by atoms with Crippen LogP contribution < -0.4 is 10.8 Å². The molecule has 0 unspecified atom stereocenters. The van der Waals surface area contributed by atoms with E-state index < -0.39 is 6.03 Å². The molecular weight excluding hydrogens is 160 g/mol. The van der Waals surface area contributed by atoms with Gasteiger partial charge in [-0.05, 0) is 0 Å². The number of carbonyl (C=O) groups excluding carboxylic acids is 1. The van der Waals surface area contributed by atoms with E-state index in [2.05, 4.69) is 20.7 Å². The molecule has 12 heavy (non-hydrogen) atoms. The molecule has 0 aliphatic carbocycles. The summed E-state index contributed by atoms with van der Waals surface area (Å²) in [6, 6.07) is 1.25. The minimum atomic E-state index is -0.430. The molecule has 1 heterocycles. The summed E-state index contributed by atoms with van der Waals surface area (Å²) in [6.07, 6.45) is 1.59. The highest BCUT2D eigenvalue weighted by Gasteiger charge is 2.02. The molecule has 0 fully saturated rings. The van der Waals surface area contributed by atoms with Crippen LogP contribution in [0.25, 0.3) is 0 Å². The van der Waals surface area contributed by atoms with E-state index in [0.29, 0.717) is 5.82 Å². The second-order valence-electron chi connectivity index (χ2n) is 2.10. The average Bonchev–Trinajstić information content (AvgIpc) is 2.37. The molecule has 0 aromatic carbocycles. The first-order chi connectivity index (χ1) is 5.74. The molecule has 0 aliphatic heterocycles. The molecule has 6 heteroatoms. The second kappa shape index (κ2) is 3.72. The summed E-state index contributed by atoms with van der Waals surface area (Å²) < 4.78 is 1.54. The number of hydroxylamine groups is 1. The second-order valence-corrected chi connectivity index (χ2v) is 2.10. The van der Waals surface area contributed by atoms with Gasteiger partial charge in [-0.15, -0.1) is 0 Å². The Labute approximate surface area is 69.5 Å². The fourth-order valence-corrected chi connectivity index (χ4v) is 0.731. The normalized spacial score (nSPS) is 9.50. The van der Waals surface area contributed by atoms with E-state index in [1.54, 1.807) is 19.3 Å². The van der Waals surface area contributed by atoms with Gasteiger partial charge in [-0.25, -0.2) is 10.3 Å². The van der Waals surface area contributed by atoms with Crippen molar-refractivity contribution in [3.05, 3.63) is 12.3 Å². The Bertz CT molecular complexity index is 270. The van der Waals surface area contributed by atoms with Crippen LogP contribution in [-0.4, -0.2) is 22.9 Å². The Morgan fingerprint density at radius 3 is 3.00 bits per heavy atom. The molecule has 1 rings (SSSR count). The summed E-state index contributed by atoms with van der Waals surface area (Å²) in [6.45, 7) is 0. The van der Waals surface area contributed by atoms with Crippen molar-refractivity contribution < 1.29 is 9.63 Å². The number of nitrogens with zero attached hydrogens (tertiary/aromatic N) is 2. The Kier molecular flexibility index (Phi) is 2.65. The van der Waals surface area contributed by atoms with Crippen LogP contribution in [0.5, 0.6) is 0 Å². The first kappa shape index (κ1) is 8.54. The van der Waals surface area contributed by atoms with E-state index >= 15 is 0 Å². The van der Waals surface area contributed by atoms with Crippen LogP contribution in [0, 0.1) is 0 Å². The van der Waals surface area contributed by atoms with Crippen LogP contribution in [0.2, 0.25) is 0 Å². The van der Waals surface area contributed by atoms with Crippen molar-refractivity contribution in [2.24, 2.45) is 7.05 Å². The Balaban J connectivity index is 2.52. The number of urea groups is 1. The van der Waals surface area contributed by atoms with Crippen LogP contribution in [0.4, 0.5) is 10.6 Å². The number of hydrogen-bond acceptors (Lipinski definition) is 3. The highest BCUT2D eigenvalue weighted by molar-refractivity contribution is 5.87. The molecule has 1 aromatic rings. The minimum absolute atomic E-state index is 0.430. The van der Waals surface area contributed by atoms with Crippen molar-refractivity contribution in [1.82, 2.24) is 15.3 Å². The van der Waals surface area contributed by atoms with Gasteiger partial charge in [-0.1, -0.05) is 0 Å². The van der Waals surface area contributed by atoms with Crippen molar-refractivity contribution >= 4 is 11.8 Å². The third kappa shape index (κ3) is 1.96. The number of aryl methyl sites for hydroxylation is 1. The lowest BCUT2D eigenvalue weighted by atomic mass is 10.6. The highest BCUT2D eigenvalue weighted by atomic mass is 16.6. The maximum Gasteiger partial charge on any atom is 0.344 e. The lowest BCUT2D eigenvalue weighted by molar-refractivity contribution is 0.114. The van der Waals surface area contributed by atoms with Gasteiger partial charge in [-0.3, -0.25) is 14.8 Å². The summed E-state index contributed by atoms with van der Waals surface area (Å²) >= 11 is 0. The number of rotatable bonds is 2. The van der Waals surface area contributed by atoms with Gasteiger partial charge in [0.05, 0.1) is 13.3 Å². The topological polar surface area (TPSA) is 68.2 Å². The average molecular weight is 170 g/mol. The quantitative estimate of drug-likeness (QED) is 0.618. The van der Waals surface area contributed by atoms with E-state index in [4.69, 9.17) is 0 Å². The maximum atomic E-state index is 10.9. The predicted octanol–water partition coefficient (Wildman–Crippen LogP) is 0.103. The number of amides is 2. The Hall–Kier alpha value is -1.56. The zero-order valence-corrected chi connectivity index (χ0v) is 6.87. The van der Waals surface area contributed by atoms with Crippen molar-refractivity contribution in [3.63, 3.8) is 0 Å². The van der Waals surface area contributed by atoms with Crippen LogP contribution in [0.15, 0.2) is 12.3 Å². The summed E-state index contributed by atoms with van der Waals surface area (Å²) in [7, 11) is 3.09. The molecule has 0 saturated carbocycles. The molecule has 2 amide bonds. The van der Waals surface area contributed by atoms with Gasteiger partial charge in [0.25, 0.3) is 0 Å². The fourth-order valence-electron chi connectivity index (χ4n) is 0.731. The zero-order valence-electron chi connectivity index (χ0n) is 6.87. The largest absolute Gasteiger partial charge is 0.344 e. The standard InChI is InChI=1S/C6H10N4O2/c1-10-5(3-4-7-10)8-6(11)9-12-2/h3-4H,1-2H3,(H2,8,9,11). The third-order valence-electron chi connectivity index (χ3n) is 1.26. The summed E-state index contributed by atoms with van der Waals surface area (Å²) in [5.41, 5.74) is 2.12.